The Morgan fingerprint density at radius 2 is 1.97 bits per heavy atom. The van der Waals surface area contributed by atoms with Crippen molar-refractivity contribution in [3.05, 3.63) is 29.5 Å². The largest absolute Gasteiger partial charge is 0.507 e. The zero-order valence-corrected chi connectivity index (χ0v) is 23.7. The fraction of sp³-hybridized carbons (Fsp3) is 0.577. The first-order valence-electron chi connectivity index (χ1n) is 13.1. The second kappa shape index (κ2) is 11.2. The molecule has 2 aromatic heterocycles. The molecule has 1 aromatic carbocycles. The van der Waals surface area contributed by atoms with E-state index in [9.17, 15) is 18.3 Å². The highest BCUT2D eigenvalue weighted by atomic mass is 28.3. The lowest BCUT2D eigenvalue weighted by molar-refractivity contribution is -0.137. The van der Waals surface area contributed by atoms with Crippen molar-refractivity contribution in [3.8, 4) is 17.0 Å². The topological polar surface area (TPSA) is 88.3 Å². The van der Waals surface area contributed by atoms with E-state index in [4.69, 9.17) is 4.74 Å². The lowest BCUT2D eigenvalue weighted by Crippen LogP contribution is -2.42. The van der Waals surface area contributed by atoms with Crippen LogP contribution in [0.3, 0.4) is 0 Å². The van der Waals surface area contributed by atoms with E-state index in [-0.39, 0.29) is 29.6 Å². The smallest absolute Gasteiger partial charge is 0.416 e. The summed E-state index contributed by atoms with van der Waals surface area (Å²) in [5.74, 6) is 0.0519. The van der Waals surface area contributed by atoms with Crippen LogP contribution in [0.25, 0.3) is 22.2 Å². The predicted octanol–water partition coefficient (Wildman–Crippen LogP) is 5.73. The molecule has 1 aliphatic rings. The summed E-state index contributed by atoms with van der Waals surface area (Å²) in [4.78, 5) is 2.37. The van der Waals surface area contributed by atoms with E-state index in [2.05, 4.69) is 52.1 Å². The Kier molecular flexibility index (Phi) is 8.34. The highest BCUT2D eigenvalue weighted by Gasteiger charge is 2.33. The fourth-order valence-electron chi connectivity index (χ4n) is 4.81. The molecular weight excluding hydrogens is 513 g/mol. The molecule has 3 aromatic rings. The summed E-state index contributed by atoms with van der Waals surface area (Å²) in [6, 6.07) is 2.92. The number of aromatic hydroxyl groups is 1. The maximum atomic E-state index is 13.4. The molecule has 8 nitrogen and oxygen atoms in total. The molecule has 12 heteroatoms. The molecule has 0 saturated carbocycles. The fourth-order valence-corrected chi connectivity index (χ4v) is 5.56. The number of likely N-dealkylation sites (N-methyl/N-ethyl adjacent to an activating group) is 1. The molecule has 0 amide bonds. The number of nitrogens with one attached hydrogen (secondary N) is 1. The van der Waals surface area contributed by atoms with Gasteiger partial charge in [0.15, 0.2) is 5.82 Å². The lowest BCUT2D eigenvalue weighted by Gasteiger charge is -2.32. The van der Waals surface area contributed by atoms with E-state index in [1.165, 1.54) is 6.92 Å². The normalized spacial score (nSPS) is 17.3. The van der Waals surface area contributed by atoms with Crippen molar-refractivity contribution >= 4 is 24.8 Å². The number of phenolic OH excluding ortho intramolecular Hbond substituents is 1. The van der Waals surface area contributed by atoms with Crippen molar-refractivity contribution in [2.24, 2.45) is 0 Å². The molecular formula is C26H37F3N6O2Si. The number of hydrogen-bond acceptors (Lipinski definition) is 7. The van der Waals surface area contributed by atoms with E-state index in [0.29, 0.717) is 23.3 Å². The van der Waals surface area contributed by atoms with Crippen molar-refractivity contribution < 1.29 is 23.0 Å². The Morgan fingerprint density at radius 1 is 1.21 bits per heavy atom. The number of nitrogens with zero attached hydrogens (tertiary/aromatic N) is 5. The van der Waals surface area contributed by atoms with E-state index >= 15 is 0 Å². The maximum absolute atomic E-state index is 13.4. The number of halogens is 3. The Hall–Kier alpha value is -2.70. The molecule has 3 heterocycles. The highest BCUT2D eigenvalue weighted by Crippen LogP contribution is 2.41. The average molecular weight is 551 g/mol. The van der Waals surface area contributed by atoms with Crippen LogP contribution in [0.5, 0.6) is 5.75 Å². The van der Waals surface area contributed by atoms with Gasteiger partial charge < -0.3 is 20.1 Å². The van der Waals surface area contributed by atoms with Crippen LogP contribution in [0, 0.1) is 6.92 Å². The quantitative estimate of drug-likeness (QED) is 0.260. The van der Waals surface area contributed by atoms with Crippen molar-refractivity contribution in [1.82, 2.24) is 24.9 Å². The SMILES string of the molecule is CCN1CCC[C@@H](Nc2nnc(-c3c(C)cc(C(F)(F)F)cc3O)c3c2cnn3COCC[Si](C)(C)C)C1. The van der Waals surface area contributed by atoms with Gasteiger partial charge in [-0.05, 0) is 56.6 Å². The molecule has 0 spiro atoms. The number of anilines is 1. The summed E-state index contributed by atoms with van der Waals surface area (Å²) >= 11 is 0. The Morgan fingerprint density at radius 3 is 2.63 bits per heavy atom. The lowest BCUT2D eigenvalue weighted by atomic mass is 9.99. The van der Waals surface area contributed by atoms with Gasteiger partial charge >= 0.3 is 6.18 Å². The van der Waals surface area contributed by atoms with E-state index in [0.717, 1.165) is 50.7 Å². The van der Waals surface area contributed by atoms with E-state index in [1.54, 1.807) is 10.9 Å². The van der Waals surface area contributed by atoms with Gasteiger partial charge in [-0.2, -0.15) is 18.3 Å². The summed E-state index contributed by atoms with van der Waals surface area (Å²) in [5, 5.41) is 28.3. The van der Waals surface area contributed by atoms with Gasteiger partial charge in [0, 0.05) is 32.8 Å². The number of aryl methyl sites for hydroxylation is 1. The summed E-state index contributed by atoms with van der Waals surface area (Å²) in [7, 11) is -1.29. The Labute approximate surface area is 222 Å². The maximum Gasteiger partial charge on any atom is 0.416 e. The molecule has 1 fully saturated rings. The van der Waals surface area contributed by atoms with Gasteiger partial charge in [-0.25, -0.2) is 4.68 Å². The highest BCUT2D eigenvalue weighted by molar-refractivity contribution is 6.76. The molecule has 208 valence electrons. The molecule has 38 heavy (non-hydrogen) atoms. The molecule has 1 aliphatic heterocycles. The second-order valence-corrected chi connectivity index (χ2v) is 16.8. The van der Waals surface area contributed by atoms with Crippen molar-refractivity contribution in [2.75, 3.05) is 31.6 Å². The minimum absolute atomic E-state index is 0.152. The van der Waals surface area contributed by atoms with Gasteiger partial charge in [-0.15, -0.1) is 10.2 Å². The number of rotatable bonds is 9. The first-order valence-corrected chi connectivity index (χ1v) is 16.8. The third-order valence-electron chi connectivity index (χ3n) is 6.95. The van der Waals surface area contributed by atoms with Gasteiger partial charge in [0.1, 0.15) is 23.7 Å². The monoisotopic (exact) mass is 550 g/mol. The minimum Gasteiger partial charge on any atom is -0.507 e. The molecule has 1 saturated heterocycles. The van der Waals surface area contributed by atoms with Gasteiger partial charge in [0.05, 0.1) is 17.1 Å². The molecule has 0 radical (unpaired) electrons. The van der Waals surface area contributed by atoms with Crippen LogP contribution in [0.2, 0.25) is 25.7 Å². The van der Waals surface area contributed by atoms with Gasteiger partial charge in [0.25, 0.3) is 0 Å². The number of hydrogen-bond donors (Lipinski definition) is 2. The number of alkyl halides is 3. The number of phenols is 1. The van der Waals surface area contributed by atoms with Crippen LogP contribution in [-0.4, -0.2) is 70.3 Å². The first-order chi connectivity index (χ1) is 17.9. The average Bonchev–Trinajstić information content (AvgIpc) is 3.26. The number of piperidine rings is 1. The van der Waals surface area contributed by atoms with Crippen LogP contribution in [0.15, 0.2) is 18.3 Å². The summed E-state index contributed by atoms with van der Waals surface area (Å²) in [5.41, 5.74) is 0.337. The molecule has 2 N–H and O–H groups in total. The first kappa shape index (κ1) is 28.3. The zero-order valence-electron chi connectivity index (χ0n) is 22.7. The third kappa shape index (κ3) is 6.46. The van der Waals surface area contributed by atoms with Crippen LogP contribution < -0.4 is 5.32 Å². The molecule has 0 bridgehead atoms. The van der Waals surface area contributed by atoms with Crippen LogP contribution in [0.4, 0.5) is 19.0 Å². The number of ether oxygens (including phenoxy) is 1. The number of aromatic nitrogens is 4. The van der Waals surface area contributed by atoms with Crippen LogP contribution in [0.1, 0.15) is 30.9 Å². The minimum atomic E-state index is -4.58. The molecule has 0 unspecified atom stereocenters. The Bertz CT molecular complexity index is 1250. The van der Waals surface area contributed by atoms with Crippen LogP contribution >= 0.6 is 0 Å². The van der Waals surface area contributed by atoms with Gasteiger partial charge in [-0.3, -0.25) is 0 Å². The molecule has 4 rings (SSSR count). The number of likely N-dealkylation sites (tertiary alicyclic amines) is 1. The van der Waals surface area contributed by atoms with Crippen LogP contribution in [-0.2, 0) is 17.6 Å². The molecule has 1 atom stereocenters. The predicted molar refractivity (Wildman–Crippen MR) is 145 cm³/mol. The molecule has 0 aliphatic carbocycles. The summed E-state index contributed by atoms with van der Waals surface area (Å²) in [6.45, 7) is 14.1. The van der Waals surface area contributed by atoms with Crippen molar-refractivity contribution in [1.29, 1.82) is 0 Å². The van der Waals surface area contributed by atoms with E-state index in [1.807, 2.05) is 0 Å². The van der Waals surface area contributed by atoms with Crippen molar-refractivity contribution in [3.63, 3.8) is 0 Å². The third-order valence-corrected chi connectivity index (χ3v) is 8.66. The second-order valence-electron chi connectivity index (χ2n) is 11.2. The number of fused-ring (bicyclic) bond motifs is 1. The van der Waals surface area contributed by atoms with E-state index < -0.39 is 25.6 Å². The van der Waals surface area contributed by atoms with Gasteiger partial charge in [0.2, 0.25) is 0 Å². The zero-order chi connectivity index (χ0) is 27.7. The number of benzene rings is 1. The van der Waals surface area contributed by atoms with Gasteiger partial charge in [-0.1, -0.05) is 26.6 Å². The summed E-state index contributed by atoms with van der Waals surface area (Å²) in [6.07, 6.45) is -0.834. The van der Waals surface area contributed by atoms with Crippen molar-refractivity contribution in [2.45, 2.75) is 71.3 Å². The Balaban J connectivity index is 1.75. The summed E-state index contributed by atoms with van der Waals surface area (Å²) < 4.78 is 47.7. The standard InChI is InChI=1S/C26H37F3N6O2Si/c1-6-34-9-7-8-19(15-34)31-25-20-14-30-35(16-37-10-11-38(3,4)5)24(20)23(32-33-25)22-17(2)12-18(13-21(22)36)26(27,28)29/h12-14,19,36H,6-11,15-16H2,1-5H3,(H,31,33)/t19-/m1/s1.